The Balaban J connectivity index is 1.72. The molecule has 1 saturated carbocycles. The van der Waals surface area contributed by atoms with Gasteiger partial charge in [0.1, 0.15) is 5.82 Å². The van der Waals surface area contributed by atoms with Gasteiger partial charge in [0.05, 0.1) is 5.92 Å². The minimum absolute atomic E-state index is 0.158. The highest BCUT2D eigenvalue weighted by molar-refractivity contribution is 5.70. The van der Waals surface area contributed by atoms with Gasteiger partial charge in [-0.15, -0.1) is 0 Å². The van der Waals surface area contributed by atoms with Crippen LogP contribution in [0.4, 0.5) is 0 Å². The van der Waals surface area contributed by atoms with Crippen LogP contribution in [0, 0.1) is 11.8 Å². The number of rotatable bonds is 6. The highest BCUT2D eigenvalue weighted by atomic mass is 16.4. The first-order valence-corrected chi connectivity index (χ1v) is 7.08. The van der Waals surface area contributed by atoms with Crippen molar-refractivity contribution < 1.29 is 9.90 Å². The summed E-state index contributed by atoms with van der Waals surface area (Å²) >= 11 is 0. The quantitative estimate of drug-likeness (QED) is 0.764. The predicted molar refractivity (Wildman–Crippen MR) is 72.9 cm³/mol. The molecule has 1 aromatic heterocycles. The molecule has 2 atom stereocenters. The molecular formula is C14H23N3O2. The maximum absolute atomic E-state index is 11.2. The summed E-state index contributed by atoms with van der Waals surface area (Å²) in [5, 5.41) is 12.6. The minimum Gasteiger partial charge on any atom is -0.481 e. The number of imidazole rings is 1. The zero-order chi connectivity index (χ0) is 13.7. The zero-order valence-electron chi connectivity index (χ0n) is 11.5. The SMILES string of the molecule is Cn1ccnc1CCNCC1CCCCC1C(=O)O. The Morgan fingerprint density at radius 1 is 1.53 bits per heavy atom. The van der Waals surface area contributed by atoms with E-state index in [1.807, 2.05) is 17.8 Å². The van der Waals surface area contributed by atoms with Crippen LogP contribution in [0.25, 0.3) is 0 Å². The van der Waals surface area contributed by atoms with E-state index in [9.17, 15) is 9.90 Å². The number of aliphatic carboxylic acids is 1. The van der Waals surface area contributed by atoms with Gasteiger partial charge < -0.3 is 15.0 Å². The molecule has 2 unspecified atom stereocenters. The predicted octanol–water partition coefficient (Wildman–Crippen LogP) is 1.44. The first-order chi connectivity index (χ1) is 9.18. The van der Waals surface area contributed by atoms with Crippen molar-refractivity contribution in [3.63, 3.8) is 0 Å². The molecule has 0 bridgehead atoms. The molecule has 2 N–H and O–H groups in total. The number of carboxylic acid groups (broad SMARTS) is 1. The average Bonchev–Trinajstić information content (AvgIpc) is 2.80. The fourth-order valence-electron chi connectivity index (χ4n) is 2.90. The molecule has 0 saturated heterocycles. The van der Waals surface area contributed by atoms with Gasteiger partial charge >= 0.3 is 5.97 Å². The van der Waals surface area contributed by atoms with Gasteiger partial charge in [-0.1, -0.05) is 12.8 Å². The van der Waals surface area contributed by atoms with Crippen LogP contribution >= 0.6 is 0 Å². The molecule has 0 amide bonds. The fraction of sp³-hybridized carbons (Fsp3) is 0.714. The first kappa shape index (κ1) is 14.1. The van der Waals surface area contributed by atoms with E-state index in [1.165, 1.54) is 0 Å². The first-order valence-electron chi connectivity index (χ1n) is 7.08. The molecule has 1 aromatic rings. The summed E-state index contributed by atoms with van der Waals surface area (Å²) in [7, 11) is 1.99. The lowest BCUT2D eigenvalue weighted by molar-refractivity contribution is -0.144. The highest BCUT2D eigenvalue weighted by Crippen LogP contribution is 2.29. The van der Waals surface area contributed by atoms with Crippen molar-refractivity contribution in [2.75, 3.05) is 13.1 Å². The van der Waals surface area contributed by atoms with Gasteiger partial charge in [0.2, 0.25) is 0 Å². The summed E-state index contributed by atoms with van der Waals surface area (Å²) in [6.45, 7) is 1.66. The molecule has 1 heterocycles. The molecule has 0 aromatic carbocycles. The third-order valence-electron chi connectivity index (χ3n) is 4.08. The van der Waals surface area contributed by atoms with E-state index in [2.05, 4.69) is 10.3 Å². The van der Waals surface area contributed by atoms with Crippen LogP contribution in [0.2, 0.25) is 0 Å². The fourth-order valence-corrected chi connectivity index (χ4v) is 2.90. The van der Waals surface area contributed by atoms with E-state index in [-0.39, 0.29) is 11.8 Å². The number of carboxylic acids is 1. The van der Waals surface area contributed by atoms with Gasteiger partial charge in [-0.2, -0.15) is 0 Å². The Bertz CT molecular complexity index is 417. The lowest BCUT2D eigenvalue weighted by Crippen LogP contribution is -2.35. The second kappa shape index (κ2) is 6.70. The normalized spacial score (nSPS) is 23.4. The van der Waals surface area contributed by atoms with Crippen LogP contribution in [-0.4, -0.2) is 33.7 Å². The monoisotopic (exact) mass is 265 g/mol. The van der Waals surface area contributed by atoms with E-state index >= 15 is 0 Å². The maximum Gasteiger partial charge on any atom is 0.306 e. The second-order valence-corrected chi connectivity index (χ2v) is 5.40. The van der Waals surface area contributed by atoms with Gasteiger partial charge in [-0.25, -0.2) is 4.98 Å². The van der Waals surface area contributed by atoms with Crippen LogP contribution < -0.4 is 5.32 Å². The molecule has 2 rings (SSSR count). The van der Waals surface area contributed by atoms with E-state index in [0.29, 0.717) is 0 Å². The Morgan fingerprint density at radius 3 is 3.00 bits per heavy atom. The maximum atomic E-state index is 11.2. The summed E-state index contributed by atoms with van der Waals surface area (Å²) in [6.07, 6.45) is 8.71. The van der Waals surface area contributed by atoms with Crippen LogP contribution in [0.15, 0.2) is 12.4 Å². The summed E-state index contributed by atoms with van der Waals surface area (Å²) in [6, 6.07) is 0. The van der Waals surface area contributed by atoms with Crippen LogP contribution in [0.5, 0.6) is 0 Å². The summed E-state index contributed by atoms with van der Waals surface area (Å²) in [5.74, 6) is 0.559. The number of nitrogens with zero attached hydrogens (tertiary/aromatic N) is 2. The Hall–Kier alpha value is -1.36. The Morgan fingerprint density at radius 2 is 2.32 bits per heavy atom. The topological polar surface area (TPSA) is 67.2 Å². The molecule has 1 fully saturated rings. The molecular weight excluding hydrogens is 242 g/mol. The molecule has 0 spiro atoms. The van der Waals surface area contributed by atoms with Crippen LogP contribution in [0.3, 0.4) is 0 Å². The second-order valence-electron chi connectivity index (χ2n) is 5.40. The highest BCUT2D eigenvalue weighted by Gasteiger charge is 2.30. The van der Waals surface area contributed by atoms with Gasteiger partial charge in [-0.3, -0.25) is 4.79 Å². The number of nitrogens with one attached hydrogen (secondary N) is 1. The van der Waals surface area contributed by atoms with Gasteiger partial charge in [0.15, 0.2) is 0 Å². The van der Waals surface area contributed by atoms with Gasteiger partial charge in [0.25, 0.3) is 0 Å². The molecule has 0 radical (unpaired) electrons. The van der Waals surface area contributed by atoms with Crippen molar-refractivity contribution in [2.45, 2.75) is 32.1 Å². The molecule has 106 valence electrons. The summed E-state index contributed by atoms with van der Waals surface area (Å²) in [5.41, 5.74) is 0. The number of hydrogen-bond donors (Lipinski definition) is 2. The number of aryl methyl sites for hydroxylation is 1. The Kier molecular flexibility index (Phi) is 4.96. The number of hydrogen-bond acceptors (Lipinski definition) is 3. The molecule has 1 aliphatic rings. The van der Waals surface area contributed by atoms with Crippen molar-refractivity contribution in [2.24, 2.45) is 18.9 Å². The molecule has 0 aliphatic heterocycles. The molecule has 5 heteroatoms. The third-order valence-corrected chi connectivity index (χ3v) is 4.08. The van der Waals surface area contributed by atoms with Crippen LogP contribution in [-0.2, 0) is 18.3 Å². The largest absolute Gasteiger partial charge is 0.481 e. The standard InChI is InChI=1S/C14H23N3O2/c1-17-9-8-16-13(17)6-7-15-10-11-4-2-3-5-12(11)14(18)19/h8-9,11-12,15H,2-7,10H2,1H3,(H,18,19). The Labute approximate surface area is 114 Å². The molecule has 19 heavy (non-hydrogen) atoms. The third kappa shape index (κ3) is 3.80. The number of aromatic nitrogens is 2. The van der Waals surface area contributed by atoms with Crippen molar-refractivity contribution in [3.05, 3.63) is 18.2 Å². The van der Waals surface area contributed by atoms with E-state index in [1.54, 1.807) is 6.20 Å². The van der Waals surface area contributed by atoms with Gasteiger partial charge in [0, 0.05) is 32.4 Å². The number of carbonyl (C=O) groups is 1. The lowest BCUT2D eigenvalue weighted by Gasteiger charge is -2.28. The zero-order valence-corrected chi connectivity index (χ0v) is 11.5. The van der Waals surface area contributed by atoms with Crippen molar-refractivity contribution in [3.8, 4) is 0 Å². The average molecular weight is 265 g/mol. The smallest absolute Gasteiger partial charge is 0.306 e. The van der Waals surface area contributed by atoms with Crippen LogP contribution in [0.1, 0.15) is 31.5 Å². The van der Waals surface area contributed by atoms with Crippen molar-refractivity contribution >= 4 is 5.97 Å². The summed E-state index contributed by atoms with van der Waals surface area (Å²) < 4.78 is 2.02. The van der Waals surface area contributed by atoms with Crippen molar-refractivity contribution in [1.29, 1.82) is 0 Å². The van der Waals surface area contributed by atoms with E-state index in [4.69, 9.17) is 0 Å². The minimum atomic E-state index is -0.629. The molecule has 1 aliphatic carbocycles. The lowest BCUT2D eigenvalue weighted by atomic mass is 9.79. The van der Waals surface area contributed by atoms with E-state index < -0.39 is 5.97 Å². The van der Waals surface area contributed by atoms with E-state index in [0.717, 1.165) is 51.0 Å². The van der Waals surface area contributed by atoms with Crippen molar-refractivity contribution in [1.82, 2.24) is 14.9 Å². The summed E-state index contributed by atoms with van der Waals surface area (Å²) in [4.78, 5) is 15.5. The van der Waals surface area contributed by atoms with Gasteiger partial charge in [-0.05, 0) is 25.3 Å². The molecule has 5 nitrogen and oxygen atoms in total.